The fraction of sp³-hybridized carbons (Fsp3) is 0.273. The quantitative estimate of drug-likeness (QED) is 0.771. The lowest BCUT2D eigenvalue weighted by Gasteiger charge is -2.12. The van der Waals surface area contributed by atoms with Crippen molar-refractivity contribution in [1.29, 1.82) is 0 Å². The second-order valence-electron chi connectivity index (χ2n) is 2.81. The Morgan fingerprint density at radius 2 is 2.19 bits per heavy atom. The minimum absolute atomic E-state index is 0.0530. The van der Waals surface area contributed by atoms with Crippen molar-refractivity contribution < 1.29 is 18.3 Å². The van der Waals surface area contributed by atoms with Crippen LogP contribution in [0.2, 0.25) is 0 Å². The highest BCUT2D eigenvalue weighted by molar-refractivity contribution is 9.09. The van der Waals surface area contributed by atoms with Crippen LogP contribution < -0.4 is 9.47 Å². The summed E-state index contributed by atoms with van der Waals surface area (Å²) >= 11 is 3.21. The molecule has 1 aromatic rings. The average Bonchev–Trinajstić information content (AvgIpc) is 2.27. The van der Waals surface area contributed by atoms with E-state index in [0.717, 1.165) is 0 Å². The minimum Gasteiger partial charge on any atom is -0.493 e. The molecule has 0 unspecified atom stereocenters. The van der Waals surface area contributed by atoms with Gasteiger partial charge in [0.25, 0.3) is 0 Å². The van der Waals surface area contributed by atoms with E-state index in [1.54, 1.807) is 30.4 Å². The largest absolute Gasteiger partial charge is 0.493 e. The zero-order valence-electron chi connectivity index (χ0n) is 8.62. The molecule has 0 atom stereocenters. The van der Waals surface area contributed by atoms with Crippen LogP contribution in [0.3, 0.4) is 0 Å². The first-order valence-electron chi connectivity index (χ1n) is 4.53. The predicted octanol–water partition coefficient (Wildman–Crippen LogP) is 3.70. The zero-order valence-corrected chi connectivity index (χ0v) is 10.2. The molecule has 0 N–H and O–H groups in total. The fourth-order valence-electron chi connectivity index (χ4n) is 1.21. The highest BCUT2D eigenvalue weighted by Gasteiger charge is 2.13. The molecule has 1 rings (SSSR count). The Bertz CT molecular complexity index is 367. The molecule has 16 heavy (non-hydrogen) atoms. The van der Waals surface area contributed by atoms with E-state index in [0.29, 0.717) is 10.9 Å². The SMILES string of the molecule is COc1cccc(C=CCBr)c1OC(F)F. The number of para-hydroxylation sites is 1. The second kappa shape index (κ2) is 6.48. The molecule has 0 aliphatic heterocycles. The molecule has 0 aliphatic rings. The molecular weight excluding hydrogens is 282 g/mol. The molecule has 0 aliphatic carbocycles. The summed E-state index contributed by atoms with van der Waals surface area (Å²) in [6.45, 7) is -2.87. The lowest BCUT2D eigenvalue weighted by atomic mass is 10.1. The maximum atomic E-state index is 12.2. The van der Waals surface area contributed by atoms with Gasteiger partial charge in [-0.2, -0.15) is 8.78 Å². The fourth-order valence-corrected chi connectivity index (χ4v) is 1.40. The molecule has 0 radical (unpaired) electrons. The van der Waals surface area contributed by atoms with Crippen LogP contribution in [0.15, 0.2) is 24.3 Å². The molecule has 0 saturated heterocycles. The molecule has 0 heterocycles. The molecule has 0 spiro atoms. The average molecular weight is 293 g/mol. The summed E-state index contributed by atoms with van der Waals surface area (Å²) < 4.78 is 33.9. The van der Waals surface area contributed by atoms with Gasteiger partial charge < -0.3 is 9.47 Å². The van der Waals surface area contributed by atoms with Gasteiger partial charge in [-0.15, -0.1) is 0 Å². The van der Waals surface area contributed by atoms with E-state index in [1.165, 1.54) is 7.11 Å². The van der Waals surface area contributed by atoms with E-state index < -0.39 is 6.61 Å². The Balaban J connectivity index is 3.09. The number of ether oxygens (including phenoxy) is 2. The van der Waals surface area contributed by atoms with Crippen molar-refractivity contribution in [2.24, 2.45) is 0 Å². The van der Waals surface area contributed by atoms with Crippen molar-refractivity contribution in [3.05, 3.63) is 29.8 Å². The highest BCUT2D eigenvalue weighted by Crippen LogP contribution is 2.33. The van der Waals surface area contributed by atoms with Crippen LogP contribution in [0.4, 0.5) is 8.78 Å². The minimum atomic E-state index is -2.87. The van der Waals surface area contributed by atoms with Crippen LogP contribution in [0.25, 0.3) is 6.08 Å². The number of rotatable bonds is 5. The molecule has 1 aromatic carbocycles. The Hall–Kier alpha value is -1.10. The lowest BCUT2D eigenvalue weighted by Crippen LogP contribution is -2.04. The van der Waals surface area contributed by atoms with Crippen molar-refractivity contribution in [1.82, 2.24) is 0 Å². The monoisotopic (exact) mass is 292 g/mol. The molecule has 0 fully saturated rings. The third-order valence-corrected chi connectivity index (χ3v) is 2.20. The van der Waals surface area contributed by atoms with Gasteiger partial charge in [0, 0.05) is 10.9 Å². The van der Waals surface area contributed by atoms with Crippen LogP contribution >= 0.6 is 15.9 Å². The summed E-state index contributed by atoms with van der Waals surface area (Å²) in [6.07, 6.45) is 3.47. The van der Waals surface area contributed by atoms with Gasteiger partial charge in [0.15, 0.2) is 11.5 Å². The van der Waals surface area contributed by atoms with Crippen molar-refractivity contribution in [2.45, 2.75) is 6.61 Å². The molecule has 88 valence electrons. The molecule has 0 amide bonds. The zero-order chi connectivity index (χ0) is 12.0. The lowest BCUT2D eigenvalue weighted by molar-refractivity contribution is -0.0513. The Labute approximate surface area is 101 Å². The first-order chi connectivity index (χ1) is 7.69. The first-order valence-corrected chi connectivity index (χ1v) is 5.65. The van der Waals surface area contributed by atoms with Gasteiger partial charge in [-0.25, -0.2) is 0 Å². The number of hydrogen-bond donors (Lipinski definition) is 0. The van der Waals surface area contributed by atoms with Gasteiger partial charge >= 0.3 is 6.61 Å². The maximum absolute atomic E-state index is 12.2. The van der Waals surface area contributed by atoms with Gasteiger partial charge in [-0.05, 0) is 6.07 Å². The number of hydrogen-bond acceptors (Lipinski definition) is 2. The number of alkyl halides is 3. The molecule has 5 heteroatoms. The summed E-state index contributed by atoms with van der Waals surface area (Å²) in [5.74, 6) is 0.342. The van der Waals surface area contributed by atoms with Crippen molar-refractivity contribution in [2.75, 3.05) is 12.4 Å². The molecule has 2 nitrogen and oxygen atoms in total. The van der Waals surface area contributed by atoms with E-state index in [9.17, 15) is 8.78 Å². The van der Waals surface area contributed by atoms with Gasteiger partial charge in [0.2, 0.25) is 0 Å². The molecular formula is C11H11BrF2O2. The van der Waals surface area contributed by atoms with Crippen molar-refractivity contribution >= 4 is 22.0 Å². The second-order valence-corrected chi connectivity index (χ2v) is 3.46. The van der Waals surface area contributed by atoms with Crippen LogP contribution in [-0.4, -0.2) is 19.1 Å². The highest BCUT2D eigenvalue weighted by atomic mass is 79.9. The third-order valence-electron chi connectivity index (χ3n) is 1.82. The third kappa shape index (κ3) is 3.48. The molecule has 0 bridgehead atoms. The van der Waals surface area contributed by atoms with Gasteiger partial charge in [0.1, 0.15) is 0 Å². The van der Waals surface area contributed by atoms with E-state index in [4.69, 9.17) is 4.74 Å². The van der Waals surface area contributed by atoms with E-state index in [1.807, 2.05) is 0 Å². The van der Waals surface area contributed by atoms with Gasteiger partial charge in [0.05, 0.1) is 7.11 Å². The summed E-state index contributed by atoms with van der Waals surface area (Å²) in [4.78, 5) is 0. The van der Waals surface area contributed by atoms with E-state index >= 15 is 0 Å². The first kappa shape index (κ1) is 13.0. The van der Waals surface area contributed by atoms with Gasteiger partial charge in [-0.1, -0.05) is 40.2 Å². The predicted molar refractivity (Wildman–Crippen MR) is 62.5 cm³/mol. The van der Waals surface area contributed by atoms with Crippen molar-refractivity contribution in [3.8, 4) is 11.5 Å². The van der Waals surface area contributed by atoms with Crippen LogP contribution in [0, 0.1) is 0 Å². The van der Waals surface area contributed by atoms with E-state index in [-0.39, 0.29) is 11.5 Å². The molecule has 0 aromatic heterocycles. The Morgan fingerprint density at radius 3 is 2.75 bits per heavy atom. The van der Waals surface area contributed by atoms with Crippen LogP contribution in [0.1, 0.15) is 5.56 Å². The summed E-state index contributed by atoms with van der Waals surface area (Å²) in [6, 6.07) is 4.97. The molecule has 0 saturated carbocycles. The van der Waals surface area contributed by atoms with Crippen LogP contribution in [0.5, 0.6) is 11.5 Å². The normalized spacial score (nSPS) is 11.1. The smallest absolute Gasteiger partial charge is 0.387 e. The number of halogens is 3. The Kier molecular flexibility index (Phi) is 5.25. The standard InChI is InChI=1S/C11H11BrF2O2/c1-15-9-6-2-4-8(5-3-7-12)10(9)16-11(13)14/h2-6,11H,7H2,1H3. The Morgan fingerprint density at radius 1 is 1.44 bits per heavy atom. The summed E-state index contributed by atoms with van der Waals surface area (Å²) in [5.41, 5.74) is 0.555. The topological polar surface area (TPSA) is 18.5 Å². The summed E-state index contributed by atoms with van der Waals surface area (Å²) in [5, 5.41) is 0.637. The van der Waals surface area contributed by atoms with Crippen molar-refractivity contribution in [3.63, 3.8) is 0 Å². The van der Waals surface area contributed by atoms with Gasteiger partial charge in [-0.3, -0.25) is 0 Å². The maximum Gasteiger partial charge on any atom is 0.387 e. The van der Waals surface area contributed by atoms with Crippen LogP contribution in [-0.2, 0) is 0 Å². The summed E-state index contributed by atoms with van der Waals surface area (Å²) in [7, 11) is 1.41. The number of benzene rings is 1. The number of allylic oxidation sites excluding steroid dienone is 1. The number of methoxy groups -OCH3 is 1. The van der Waals surface area contributed by atoms with E-state index in [2.05, 4.69) is 20.7 Å².